The van der Waals surface area contributed by atoms with Gasteiger partial charge in [-0.25, -0.2) is 0 Å². The summed E-state index contributed by atoms with van der Waals surface area (Å²) in [5.74, 6) is 1.66. The third-order valence-electron chi connectivity index (χ3n) is 3.91. The standard InChI is InChI=1S/C19H20O2/c1-3-17-12-11-16(19(20-2)21-17)13-15-9-6-8-14-7-4-5-10-18(14)15/h4-10,12H,3,11,13H2,1-2H3. The molecule has 0 bridgehead atoms. The summed E-state index contributed by atoms with van der Waals surface area (Å²) in [6.07, 6.45) is 4.81. The van der Waals surface area contributed by atoms with E-state index in [2.05, 4.69) is 55.5 Å². The van der Waals surface area contributed by atoms with Gasteiger partial charge in [-0.2, -0.15) is 0 Å². The first kappa shape index (κ1) is 13.7. The molecule has 2 aromatic rings. The topological polar surface area (TPSA) is 18.5 Å². The maximum Gasteiger partial charge on any atom is 0.283 e. The summed E-state index contributed by atoms with van der Waals surface area (Å²) in [7, 11) is 1.68. The molecule has 21 heavy (non-hydrogen) atoms. The van der Waals surface area contributed by atoms with Crippen LogP contribution < -0.4 is 0 Å². The van der Waals surface area contributed by atoms with Gasteiger partial charge < -0.3 is 9.47 Å². The highest BCUT2D eigenvalue weighted by Crippen LogP contribution is 2.29. The first-order valence-electron chi connectivity index (χ1n) is 7.41. The third kappa shape index (κ3) is 2.80. The van der Waals surface area contributed by atoms with Gasteiger partial charge in [-0.1, -0.05) is 49.4 Å². The lowest BCUT2D eigenvalue weighted by Crippen LogP contribution is -2.07. The average molecular weight is 280 g/mol. The van der Waals surface area contributed by atoms with E-state index in [1.54, 1.807) is 7.11 Å². The van der Waals surface area contributed by atoms with Crippen molar-refractivity contribution < 1.29 is 9.47 Å². The van der Waals surface area contributed by atoms with Gasteiger partial charge in [-0.05, 0) is 28.8 Å². The number of benzene rings is 2. The molecule has 0 saturated heterocycles. The van der Waals surface area contributed by atoms with Gasteiger partial charge in [-0.3, -0.25) is 0 Å². The van der Waals surface area contributed by atoms with E-state index < -0.39 is 0 Å². The first-order chi connectivity index (χ1) is 10.3. The van der Waals surface area contributed by atoms with Crippen molar-refractivity contribution in [1.29, 1.82) is 0 Å². The van der Waals surface area contributed by atoms with E-state index in [9.17, 15) is 0 Å². The molecular weight excluding hydrogens is 260 g/mol. The van der Waals surface area contributed by atoms with Crippen molar-refractivity contribution in [3.63, 3.8) is 0 Å². The average Bonchev–Trinajstić information content (AvgIpc) is 2.55. The fourth-order valence-corrected chi connectivity index (χ4v) is 2.78. The van der Waals surface area contributed by atoms with Crippen molar-refractivity contribution in [2.24, 2.45) is 0 Å². The Hall–Kier alpha value is -2.22. The molecule has 0 N–H and O–H groups in total. The summed E-state index contributed by atoms with van der Waals surface area (Å²) in [4.78, 5) is 0. The highest BCUT2D eigenvalue weighted by molar-refractivity contribution is 5.85. The van der Waals surface area contributed by atoms with E-state index >= 15 is 0 Å². The van der Waals surface area contributed by atoms with Gasteiger partial charge in [0.15, 0.2) is 0 Å². The van der Waals surface area contributed by atoms with Crippen molar-refractivity contribution in [1.82, 2.24) is 0 Å². The first-order valence-corrected chi connectivity index (χ1v) is 7.41. The van der Waals surface area contributed by atoms with Gasteiger partial charge in [0.25, 0.3) is 5.95 Å². The smallest absolute Gasteiger partial charge is 0.283 e. The maximum absolute atomic E-state index is 5.80. The fraction of sp³-hybridized carbons (Fsp3) is 0.263. The Bertz CT molecular complexity index is 705. The number of rotatable bonds is 4. The van der Waals surface area contributed by atoms with Gasteiger partial charge >= 0.3 is 0 Å². The number of methoxy groups -OCH3 is 1. The monoisotopic (exact) mass is 280 g/mol. The van der Waals surface area contributed by atoms with Gasteiger partial charge in [-0.15, -0.1) is 0 Å². The van der Waals surface area contributed by atoms with E-state index in [0.29, 0.717) is 5.95 Å². The van der Waals surface area contributed by atoms with E-state index in [0.717, 1.165) is 25.0 Å². The molecule has 0 aliphatic carbocycles. The number of hydrogen-bond donors (Lipinski definition) is 0. The molecule has 2 aromatic carbocycles. The number of hydrogen-bond acceptors (Lipinski definition) is 2. The van der Waals surface area contributed by atoms with E-state index in [1.807, 2.05) is 0 Å². The van der Waals surface area contributed by atoms with Gasteiger partial charge in [0.2, 0.25) is 0 Å². The zero-order valence-electron chi connectivity index (χ0n) is 12.6. The summed E-state index contributed by atoms with van der Waals surface area (Å²) < 4.78 is 11.2. The number of fused-ring (bicyclic) bond motifs is 1. The van der Waals surface area contributed by atoms with Crippen LogP contribution in [0.2, 0.25) is 0 Å². The van der Waals surface area contributed by atoms with Crippen LogP contribution in [0, 0.1) is 0 Å². The fourth-order valence-electron chi connectivity index (χ4n) is 2.78. The normalized spacial score (nSPS) is 14.9. The van der Waals surface area contributed by atoms with Gasteiger partial charge in [0.05, 0.1) is 7.11 Å². The molecule has 1 heterocycles. The molecule has 3 rings (SSSR count). The zero-order valence-corrected chi connectivity index (χ0v) is 12.6. The van der Waals surface area contributed by atoms with Crippen LogP contribution in [0.4, 0.5) is 0 Å². The molecule has 0 unspecified atom stereocenters. The van der Waals surface area contributed by atoms with E-state index in [1.165, 1.54) is 21.9 Å². The Balaban J connectivity index is 1.93. The lowest BCUT2D eigenvalue weighted by molar-refractivity contribution is 0.0896. The van der Waals surface area contributed by atoms with E-state index in [-0.39, 0.29) is 0 Å². The molecular formula is C19H20O2. The lowest BCUT2D eigenvalue weighted by Gasteiger charge is -2.20. The summed E-state index contributed by atoms with van der Waals surface area (Å²) in [6, 6.07) is 14.9. The molecule has 0 atom stereocenters. The SMILES string of the molecule is CCC1=CCC(Cc2cccc3ccccc23)=C(OC)O1. The molecule has 2 heteroatoms. The Labute approximate surface area is 125 Å². The molecule has 2 nitrogen and oxygen atoms in total. The molecule has 0 amide bonds. The Kier molecular flexibility index (Phi) is 3.96. The predicted molar refractivity (Wildman–Crippen MR) is 85.8 cm³/mol. The largest absolute Gasteiger partial charge is 0.468 e. The van der Waals surface area contributed by atoms with Crippen LogP contribution in [0.15, 0.2) is 65.8 Å². The molecule has 108 valence electrons. The Morgan fingerprint density at radius 1 is 1.10 bits per heavy atom. The zero-order chi connectivity index (χ0) is 14.7. The van der Waals surface area contributed by atoms with Crippen molar-refractivity contribution in [2.45, 2.75) is 26.2 Å². The highest BCUT2D eigenvalue weighted by Gasteiger charge is 2.17. The minimum atomic E-state index is 0.669. The summed E-state index contributed by atoms with van der Waals surface area (Å²) in [5, 5.41) is 2.57. The van der Waals surface area contributed by atoms with Crippen molar-refractivity contribution in [3.8, 4) is 0 Å². The molecule has 0 saturated carbocycles. The molecule has 0 fully saturated rings. The Morgan fingerprint density at radius 2 is 1.90 bits per heavy atom. The quantitative estimate of drug-likeness (QED) is 0.788. The second-order valence-corrected chi connectivity index (χ2v) is 5.24. The molecule has 1 aliphatic rings. The van der Waals surface area contributed by atoms with Crippen LogP contribution in [-0.2, 0) is 15.9 Å². The van der Waals surface area contributed by atoms with Crippen LogP contribution >= 0.6 is 0 Å². The van der Waals surface area contributed by atoms with Crippen LogP contribution in [-0.4, -0.2) is 7.11 Å². The molecule has 0 spiro atoms. The molecule has 1 aliphatic heterocycles. The van der Waals surface area contributed by atoms with Crippen LogP contribution in [0.25, 0.3) is 10.8 Å². The minimum absolute atomic E-state index is 0.669. The summed E-state index contributed by atoms with van der Waals surface area (Å²) in [6.45, 7) is 2.09. The summed E-state index contributed by atoms with van der Waals surface area (Å²) >= 11 is 0. The third-order valence-corrected chi connectivity index (χ3v) is 3.91. The second-order valence-electron chi connectivity index (χ2n) is 5.24. The number of ether oxygens (including phenoxy) is 2. The highest BCUT2D eigenvalue weighted by atomic mass is 16.7. The van der Waals surface area contributed by atoms with E-state index in [4.69, 9.17) is 9.47 Å². The predicted octanol–water partition coefficient (Wildman–Crippen LogP) is 4.95. The molecule has 0 radical (unpaired) electrons. The van der Waals surface area contributed by atoms with Crippen molar-refractivity contribution in [2.75, 3.05) is 7.11 Å². The second kappa shape index (κ2) is 6.04. The van der Waals surface area contributed by atoms with Crippen LogP contribution in [0.5, 0.6) is 0 Å². The van der Waals surface area contributed by atoms with Crippen LogP contribution in [0.1, 0.15) is 25.3 Å². The van der Waals surface area contributed by atoms with Gasteiger partial charge in [0, 0.05) is 18.4 Å². The summed E-state index contributed by atoms with van der Waals surface area (Å²) in [5.41, 5.74) is 2.51. The van der Waals surface area contributed by atoms with Crippen molar-refractivity contribution >= 4 is 10.8 Å². The van der Waals surface area contributed by atoms with Gasteiger partial charge in [0.1, 0.15) is 5.76 Å². The molecule has 0 aromatic heterocycles. The number of allylic oxidation sites excluding steroid dienone is 3. The minimum Gasteiger partial charge on any atom is -0.468 e. The Morgan fingerprint density at radius 3 is 2.71 bits per heavy atom. The lowest BCUT2D eigenvalue weighted by atomic mass is 9.96. The van der Waals surface area contributed by atoms with Crippen molar-refractivity contribution in [3.05, 3.63) is 71.4 Å². The van der Waals surface area contributed by atoms with Crippen LogP contribution in [0.3, 0.4) is 0 Å². The maximum atomic E-state index is 5.80.